The smallest absolute Gasteiger partial charge is 0.146 e. The number of nitrogen functional groups attached to an aromatic ring is 1. The topological polar surface area (TPSA) is 134 Å². The predicted octanol–water partition coefficient (Wildman–Crippen LogP) is 3.67. The second kappa shape index (κ2) is 5.78. The number of nitrogens with one attached hydrogen (secondary N) is 1. The number of H-pyrrole nitrogens is 1. The first-order valence-corrected chi connectivity index (χ1v) is 8.31. The lowest BCUT2D eigenvalue weighted by Gasteiger charge is -2.13. The van der Waals surface area contributed by atoms with Gasteiger partial charge >= 0.3 is 0 Å². The molecule has 1 fully saturated rings. The minimum absolute atomic E-state index is 0.122. The van der Waals surface area contributed by atoms with Crippen LogP contribution in [-0.4, -0.2) is 24.7 Å². The normalized spacial score (nSPS) is 14.2. The summed E-state index contributed by atoms with van der Waals surface area (Å²) in [6.45, 7) is 4.31. The van der Waals surface area contributed by atoms with Crippen molar-refractivity contribution >= 4 is 16.9 Å². The van der Waals surface area contributed by atoms with Gasteiger partial charge in [-0.3, -0.25) is 5.10 Å². The Morgan fingerprint density at radius 3 is 2.92 bits per heavy atom. The van der Waals surface area contributed by atoms with Gasteiger partial charge in [-0.05, 0) is 38.3 Å². The quantitative estimate of drug-likeness (QED) is 0.417. The van der Waals surface area contributed by atoms with Crippen molar-refractivity contribution in [1.29, 1.82) is 0 Å². The Labute approximate surface area is 143 Å². The number of fused-ring (bicyclic) bond motifs is 1. The number of aromatic amines is 1. The fourth-order valence-electron chi connectivity index (χ4n) is 3.36. The van der Waals surface area contributed by atoms with Crippen molar-refractivity contribution in [2.24, 2.45) is 5.11 Å². The minimum atomic E-state index is 0.122. The maximum atomic E-state index is 8.81. The van der Waals surface area contributed by atoms with Crippen LogP contribution in [-0.2, 0) is 6.54 Å². The molecular weight excluding hydrogens is 318 g/mol. The lowest BCUT2D eigenvalue weighted by molar-refractivity contribution is 0.591. The van der Waals surface area contributed by atoms with E-state index in [9.17, 15) is 0 Å². The summed E-state index contributed by atoms with van der Waals surface area (Å²) in [5.41, 5.74) is 19.3. The Hall–Kier alpha value is -3.06. The molecule has 0 aliphatic heterocycles. The van der Waals surface area contributed by atoms with Crippen molar-refractivity contribution < 1.29 is 0 Å². The van der Waals surface area contributed by atoms with Crippen molar-refractivity contribution in [2.75, 3.05) is 5.73 Å². The summed E-state index contributed by atoms with van der Waals surface area (Å²) < 4.78 is 2.04. The molecule has 3 aromatic heterocycles. The van der Waals surface area contributed by atoms with E-state index in [1.165, 1.54) is 19.2 Å². The Kier molecular flexibility index (Phi) is 3.58. The van der Waals surface area contributed by atoms with Crippen LogP contribution in [0.1, 0.15) is 50.0 Å². The number of aromatic nitrogens is 5. The number of nitrogens with zero attached hydrogens (tertiary/aromatic N) is 7. The minimum Gasteiger partial charge on any atom is -0.383 e. The third-order valence-corrected chi connectivity index (χ3v) is 4.59. The van der Waals surface area contributed by atoms with Crippen LogP contribution in [0.3, 0.4) is 0 Å². The van der Waals surface area contributed by atoms with Crippen LogP contribution < -0.4 is 5.73 Å². The number of rotatable bonds is 5. The van der Waals surface area contributed by atoms with E-state index in [1.807, 2.05) is 4.57 Å². The Balaban J connectivity index is 2.03. The van der Waals surface area contributed by atoms with Gasteiger partial charge in [0.25, 0.3) is 0 Å². The highest BCUT2D eigenvalue weighted by Crippen LogP contribution is 2.42. The van der Waals surface area contributed by atoms with Crippen LogP contribution >= 0.6 is 0 Å². The largest absolute Gasteiger partial charge is 0.383 e. The van der Waals surface area contributed by atoms with Crippen molar-refractivity contribution in [3.63, 3.8) is 0 Å². The van der Waals surface area contributed by atoms with Crippen molar-refractivity contribution in [2.45, 2.75) is 45.2 Å². The summed E-state index contributed by atoms with van der Waals surface area (Å²) in [5.74, 6) is 0.964. The maximum Gasteiger partial charge on any atom is 0.146 e. The van der Waals surface area contributed by atoms with Gasteiger partial charge in [-0.25, -0.2) is 9.97 Å². The van der Waals surface area contributed by atoms with Gasteiger partial charge in [-0.1, -0.05) is 5.11 Å². The molecular formula is C16H19N9. The first-order valence-electron chi connectivity index (χ1n) is 8.31. The van der Waals surface area contributed by atoms with Crippen molar-refractivity contribution in [3.8, 4) is 11.3 Å². The third-order valence-electron chi connectivity index (χ3n) is 4.59. The Morgan fingerprint density at radius 1 is 1.44 bits per heavy atom. The standard InChI is InChI=1S/C16H19N9/c1-8(2)25-12(6-21-24-18)13(14-15(17)19-7-20-16(14)25)11-5-10(22-23-11)9-3-4-9/h5,7-9H,3-4,6H2,1-2H3,(H,22,23)(H2,17,19,20). The number of hydrogen-bond acceptors (Lipinski definition) is 5. The molecule has 1 aliphatic carbocycles. The van der Waals surface area contributed by atoms with E-state index in [-0.39, 0.29) is 12.6 Å². The van der Waals surface area contributed by atoms with Crippen LogP contribution in [0.5, 0.6) is 0 Å². The summed E-state index contributed by atoms with van der Waals surface area (Å²) >= 11 is 0. The molecule has 3 N–H and O–H groups in total. The van der Waals surface area contributed by atoms with E-state index in [0.717, 1.165) is 33.7 Å². The monoisotopic (exact) mass is 337 g/mol. The average Bonchev–Trinajstić information content (AvgIpc) is 3.21. The van der Waals surface area contributed by atoms with E-state index in [0.29, 0.717) is 11.7 Å². The molecule has 0 saturated heterocycles. The van der Waals surface area contributed by atoms with Crippen LogP contribution in [0.4, 0.5) is 5.82 Å². The van der Waals surface area contributed by atoms with E-state index in [4.69, 9.17) is 11.3 Å². The summed E-state index contributed by atoms with van der Waals surface area (Å²) in [6.07, 6.45) is 3.83. The highest BCUT2D eigenvalue weighted by molar-refractivity contribution is 6.01. The molecule has 0 amide bonds. The molecule has 9 nitrogen and oxygen atoms in total. The molecule has 0 aromatic carbocycles. The van der Waals surface area contributed by atoms with Gasteiger partial charge < -0.3 is 10.3 Å². The highest BCUT2D eigenvalue weighted by Gasteiger charge is 2.28. The van der Waals surface area contributed by atoms with Gasteiger partial charge in [0.15, 0.2) is 0 Å². The van der Waals surface area contributed by atoms with Crippen molar-refractivity contribution in [1.82, 2.24) is 24.7 Å². The molecule has 1 aliphatic rings. The predicted molar refractivity (Wildman–Crippen MR) is 94.7 cm³/mol. The molecule has 3 aromatic rings. The molecule has 0 bridgehead atoms. The zero-order valence-corrected chi connectivity index (χ0v) is 14.1. The first kappa shape index (κ1) is 15.5. The second-order valence-corrected chi connectivity index (χ2v) is 6.61. The van der Waals surface area contributed by atoms with E-state index in [1.54, 1.807) is 0 Å². The number of azide groups is 1. The van der Waals surface area contributed by atoms with Crippen LogP contribution in [0, 0.1) is 0 Å². The lowest BCUT2D eigenvalue weighted by atomic mass is 10.1. The molecule has 3 heterocycles. The molecule has 0 unspecified atom stereocenters. The Bertz CT molecular complexity index is 987. The molecule has 0 atom stereocenters. The summed E-state index contributed by atoms with van der Waals surface area (Å²) in [6, 6.07) is 2.18. The number of hydrogen-bond donors (Lipinski definition) is 2. The molecule has 1 saturated carbocycles. The zero-order chi connectivity index (χ0) is 17.6. The lowest BCUT2D eigenvalue weighted by Crippen LogP contribution is -2.06. The van der Waals surface area contributed by atoms with E-state index < -0.39 is 0 Å². The van der Waals surface area contributed by atoms with Gasteiger partial charge in [0.1, 0.15) is 17.8 Å². The zero-order valence-electron chi connectivity index (χ0n) is 14.1. The summed E-state index contributed by atoms with van der Waals surface area (Å²) in [7, 11) is 0. The molecule has 4 rings (SSSR count). The molecule has 9 heteroatoms. The van der Waals surface area contributed by atoms with Crippen molar-refractivity contribution in [3.05, 3.63) is 34.2 Å². The van der Waals surface area contributed by atoms with Gasteiger partial charge in [0, 0.05) is 33.8 Å². The Morgan fingerprint density at radius 2 is 2.24 bits per heavy atom. The van der Waals surface area contributed by atoms with Crippen LogP contribution in [0.15, 0.2) is 17.5 Å². The fraction of sp³-hybridized carbons (Fsp3) is 0.438. The molecule has 128 valence electrons. The fourth-order valence-corrected chi connectivity index (χ4v) is 3.36. The summed E-state index contributed by atoms with van der Waals surface area (Å²) in [4.78, 5) is 11.5. The first-order chi connectivity index (χ1) is 12.1. The maximum absolute atomic E-state index is 8.81. The number of anilines is 1. The average molecular weight is 337 g/mol. The molecule has 25 heavy (non-hydrogen) atoms. The van der Waals surface area contributed by atoms with Gasteiger partial charge in [-0.2, -0.15) is 5.10 Å². The van der Waals surface area contributed by atoms with Gasteiger partial charge in [0.2, 0.25) is 0 Å². The SMILES string of the molecule is CC(C)n1c(CN=[N+]=[N-])c(-c2cc(C3CC3)[nH]n2)c2c(N)ncnc21. The van der Waals surface area contributed by atoms with E-state index >= 15 is 0 Å². The van der Waals surface area contributed by atoms with Crippen LogP contribution in [0.2, 0.25) is 0 Å². The second-order valence-electron chi connectivity index (χ2n) is 6.61. The third kappa shape index (κ3) is 2.49. The van der Waals surface area contributed by atoms with Gasteiger partial charge in [-0.15, -0.1) is 0 Å². The number of nitrogens with two attached hydrogens (primary N) is 1. The van der Waals surface area contributed by atoms with Gasteiger partial charge in [0.05, 0.1) is 17.6 Å². The van der Waals surface area contributed by atoms with E-state index in [2.05, 4.69) is 50.1 Å². The van der Waals surface area contributed by atoms with Crippen LogP contribution in [0.25, 0.3) is 32.7 Å². The summed E-state index contributed by atoms with van der Waals surface area (Å²) in [5, 5.41) is 12.2. The molecule has 0 radical (unpaired) electrons. The molecule has 0 spiro atoms. The highest BCUT2D eigenvalue weighted by atomic mass is 15.2.